The molecule has 0 aliphatic heterocycles. The van der Waals surface area contributed by atoms with E-state index in [2.05, 4.69) is 19.0 Å². The Hall–Kier alpha value is -0.0800. The summed E-state index contributed by atoms with van der Waals surface area (Å²) in [6, 6.07) is 0.625. The standard InChI is InChI=1S/C7H15NO/c1-8(2)6-3-4-7(9)5-6/h6-7,9H,3-5H2,1-2H3/t6-,7+/m1/s1. The zero-order valence-electron chi connectivity index (χ0n) is 6.17. The lowest BCUT2D eigenvalue weighted by molar-refractivity contribution is 0.169. The van der Waals surface area contributed by atoms with Crippen molar-refractivity contribution in [2.75, 3.05) is 14.1 Å². The summed E-state index contributed by atoms with van der Waals surface area (Å²) in [5.41, 5.74) is 0. The summed E-state index contributed by atoms with van der Waals surface area (Å²) in [5, 5.41) is 9.12. The first-order valence-corrected chi connectivity index (χ1v) is 3.54. The highest BCUT2D eigenvalue weighted by molar-refractivity contribution is 4.79. The molecular formula is C7H15NO. The Labute approximate surface area is 56.5 Å². The maximum absolute atomic E-state index is 9.12. The van der Waals surface area contributed by atoms with Crippen LogP contribution in [-0.2, 0) is 0 Å². The van der Waals surface area contributed by atoms with Crippen LogP contribution in [0.3, 0.4) is 0 Å². The molecule has 0 heterocycles. The van der Waals surface area contributed by atoms with Gasteiger partial charge in [-0.05, 0) is 33.4 Å². The van der Waals surface area contributed by atoms with Gasteiger partial charge in [0.2, 0.25) is 0 Å². The monoisotopic (exact) mass is 129 g/mol. The maximum Gasteiger partial charge on any atom is 0.0555 e. The number of aliphatic hydroxyl groups excluding tert-OH is 1. The smallest absolute Gasteiger partial charge is 0.0555 e. The molecule has 0 unspecified atom stereocenters. The molecule has 2 atom stereocenters. The Morgan fingerprint density at radius 1 is 1.33 bits per heavy atom. The lowest BCUT2D eigenvalue weighted by Crippen LogP contribution is -2.25. The fourth-order valence-corrected chi connectivity index (χ4v) is 1.40. The van der Waals surface area contributed by atoms with Gasteiger partial charge in [-0.25, -0.2) is 0 Å². The molecule has 1 rings (SSSR count). The van der Waals surface area contributed by atoms with E-state index in [0.29, 0.717) is 6.04 Å². The fraction of sp³-hybridized carbons (Fsp3) is 1.00. The van der Waals surface area contributed by atoms with Crippen molar-refractivity contribution in [2.24, 2.45) is 0 Å². The average molecular weight is 129 g/mol. The van der Waals surface area contributed by atoms with Gasteiger partial charge < -0.3 is 10.0 Å². The van der Waals surface area contributed by atoms with Gasteiger partial charge >= 0.3 is 0 Å². The molecular weight excluding hydrogens is 114 g/mol. The molecule has 0 aromatic heterocycles. The normalized spacial score (nSPS) is 36.0. The second-order valence-electron chi connectivity index (χ2n) is 3.08. The third-order valence-corrected chi connectivity index (χ3v) is 2.11. The molecule has 0 saturated heterocycles. The molecule has 1 fully saturated rings. The molecule has 0 amide bonds. The van der Waals surface area contributed by atoms with E-state index in [1.165, 1.54) is 0 Å². The molecule has 0 radical (unpaired) electrons. The highest BCUT2D eigenvalue weighted by Gasteiger charge is 2.23. The van der Waals surface area contributed by atoms with Gasteiger partial charge in [-0.1, -0.05) is 0 Å². The summed E-state index contributed by atoms with van der Waals surface area (Å²) in [4.78, 5) is 2.19. The summed E-state index contributed by atoms with van der Waals surface area (Å²) in [5.74, 6) is 0. The van der Waals surface area contributed by atoms with Crippen molar-refractivity contribution in [2.45, 2.75) is 31.4 Å². The van der Waals surface area contributed by atoms with Gasteiger partial charge in [0.1, 0.15) is 0 Å². The molecule has 54 valence electrons. The van der Waals surface area contributed by atoms with Gasteiger partial charge in [-0.15, -0.1) is 0 Å². The molecule has 1 N–H and O–H groups in total. The Morgan fingerprint density at radius 2 is 2.00 bits per heavy atom. The van der Waals surface area contributed by atoms with Crippen molar-refractivity contribution in [1.82, 2.24) is 4.90 Å². The molecule has 2 nitrogen and oxygen atoms in total. The first-order chi connectivity index (χ1) is 4.20. The van der Waals surface area contributed by atoms with Crippen LogP contribution < -0.4 is 0 Å². The Morgan fingerprint density at radius 3 is 2.22 bits per heavy atom. The molecule has 1 saturated carbocycles. The number of aliphatic hydroxyl groups is 1. The van der Waals surface area contributed by atoms with Crippen molar-refractivity contribution in [3.05, 3.63) is 0 Å². The Kier molecular flexibility index (Phi) is 2.09. The highest BCUT2D eigenvalue weighted by atomic mass is 16.3. The summed E-state index contributed by atoms with van der Waals surface area (Å²) >= 11 is 0. The summed E-state index contributed by atoms with van der Waals surface area (Å²) in [6.07, 6.45) is 3.08. The number of hydrogen-bond donors (Lipinski definition) is 1. The van der Waals surface area contributed by atoms with E-state index in [1.54, 1.807) is 0 Å². The first kappa shape index (κ1) is 7.03. The largest absolute Gasteiger partial charge is 0.393 e. The SMILES string of the molecule is CN(C)[C@@H]1CC[C@H](O)C1. The molecule has 1 aliphatic carbocycles. The van der Waals surface area contributed by atoms with E-state index in [9.17, 15) is 0 Å². The lowest BCUT2D eigenvalue weighted by Gasteiger charge is -2.17. The van der Waals surface area contributed by atoms with Gasteiger partial charge in [0, 0.05) is 6.04 Å². The Balaban J connectivity index is 2.30. The minimum atomic E-state index is -0.0302. The van der Waals surface area contributed by atoms with Crippen molar-refractivity contribution in [1.29, 1.82) is 0 Å². The summed E-state index contributed by atoms with van der Waals surface area (Å²) in [7, 11) is 4.14. The zero-order valence-corrected chi connectivity index (χ0v) is 6.17. The minimum absolute atomic E-state index is 0.0302. The van der Waals surface area contributed by atoms with Gasteiger partial charge in [0.15, 0.2) is 0 Å². The first-order valence-electron chi connectivity index (χ1n) is 3.54. The van der Waals surface area contributed by atoms with E-state index in [1.807, 2.05) is 0 Å². The van der Waals surface area contributed by atoms with Gasteiger partial charge in [-0.3, -0.25) is 0 Å². The van der Waals surface area contributed by atoms with Crippen LogP contribution in [0.15, 0.2) is 0 Å². The van der Waals surface area contributed by atoms with E-state index < -0.39 is 0 Å². The van der Waals surface area contributed by atoms with E-state index >= 15 is 0 Å². The van der Waals surface area contributed by atoms with Crippen molar-refractivity contribution in [3.8, 4) is 0 Å². The zero-order chi connectivity index (χ0) is 6.85. The van der Waals surface area contributed by atoms with Crippen LogP contribution in [0.1, 0.15) is 19.3 Å². The predicted molar refractivity (Wildman–Crippen MR) is 37.3 cm³/mol. The molecule has 1 aliphatic rings. The summed E-state index contributed by atoms with van der Waals surface area (Å²) < 4.78 is 0. The number of nitrogens with zero attached hydrogens (tertiary/aromatic N) is 1. The second-order valence-corrected chi connectivity index (χ2v) is 3.08. The van der Waals surface area contributed by atoms with Crippen LogP contribution in [0, 0.1) is 0 Å². The molecule has 0 aromatic carbocycles. The molecule has 0 bridgehead atoms. The topological polar surface area (TPSA) is 23.5 Å². The fourth-order valence-electron chi connectivity index (χ4n) is 1.40. The average Bonchev–Trinajstić information content (AvgIpc) is 2.14. The maximum atomic E-state index is 9.12. The molecule has 2 heteroatoms. The number of hydrogen-bond acceptors (Lipinski definition) is 2. The van der Waals surface area contributed by atoms with Crippen molar-refractivity contribution < 1.29 is 5.11 Å². The van der Waals surface area contributed by atoms with Crippen molar-refractivity contribution >= 4 is 0 Å². The van der Waals surface area contributed by atoms with E-state index in [-0.39, 0.29) is 6.10 Å². The van der Waals surface area contributed by atoms with Crippen LogP contribution in [0.4, 0.5) is 0 Å². The van der Waals surface area contributed by atoms with Crippen LogP contribution in [0.25, 0.3) is 0 Å². The highest BCUT2D eigenvalue weighted by Crippen LogP contribution is 2.21. The molecule has 0 aromatic rings. The van der Waals surface area contributed by atoms with Crippen LogP contribution in [0.5, 0.6) is 0 Å². The van der Waals surface area contributed by atoms with E-state index in [4.69, 9.17) is 5.11 Å². The third-order valence-electron chi connectivity index (χ3n) is 2.11. The van der Waals surface area contributed by atoms with Gasteiger partial charge in [0.25, 0.3) is 0 Å². The molecule has 9 heavy (non-hydrogen) atoms. The van der Waals surface area contributed by atoms with Crippen LogP contribution in [0.2, 0.25) is 0 Å². The van der Waals surface area contributed by atoms with Gasteiger partial charge in [-0.2, -0.15) is 0 Å². The van der Waals surface area contributed by atoms with Crippen molar-refractivity contribution in [3.63, 3.8) is 0 Å². The molecule has 0 spiro atoms. The predicted octanol–water partition coefficient (Wildman–Crippen LogP) is 0.461. The van der Waals surface area contributed by atoms with Crippen LogP contribution >= 0.6 is 0 Å². The van der Waals surface area contributed by atoms with E-state index in [0.717, 1.165) is 19.3 Å². The quantitative estimate of drug-likeness (QED) is 0.556. The lowest BCUT2D eigenvalue weighted by atomic mass is 10.2. The van der Waals surface area contributed by atoms with Crippen LogP contribution in [-0.4, -0.2) is 36.2 Å². The number of rotatable bonds is 1. The summed E-state index contributed by atoms with van der Waals surface area (Å²) in [6.45, 7) is 0. The minimum Gasteiger partial charge on any atom is -0.393 e. The Bertz CT molecular complexity index is 92.9. The third kappa shape index (κ3) is 1.66. The van der Waals surface area contributed by atoms with Gasteiger partial charge in [0.05, 0.1) is 6.10 Å². The second kappa shape index (κ2) is 2.67.